The fraction of sp³-hybridized carbons (Fsp3) is 0.190. The van der Waals surface area contributed by atoms with Crippen molar-refractivity contribution in [3.05, 3.63) is 70.1 Å². The zero-order valence-corrected chi connectivity index (χ0v) is 15.2. The number of carbonyl (C=O) groups is 1. The van der Waals surface area contributed by atoms with Crippen molar-refractivity contribution in [1.82, 2.24) is 14.8 Å². The monoisotopic (exact) mass is 360 g/mol. The Kier molecular flexibility index (Phi) is 4.24. The van der Waals surface area contributed by atoms with E-state index in [0.717, 1.165) is 28.3 Å². The van der Waals surface area contributed by atoms with E-state index in [0.29, 0.717) is 11.2 Å². The molecule has 0 atom stereocenters. The van der Waals surface area contributed by atoms with Crippen LogP contribution in [-0.2, 0) is 17.8 Å². The number of benzene rings is 2. The van der Waals surface area contributed by atoms with Crippen molar-refractivity contribution in [3.8, 4) is 0 Å². The second-order valence-electron chi connectivity index (χ2n) is 6.67. The number of aromatic nitrogens is 3. The molecule has 136 valence electrons. The van der Waals surface area contributed by atoms with Crippen molar-refractivity contribution in [2.45, 2.75) is 26.8 Å². The number of anilines is 1. The lowest BCUT2D eigenvalue weighted by atomic mass is 10.1. The predicted molar refractivity (Wildman–Crippen MR) is 107 cm³/mol. The summed E-state index contributed by atoms with van der Waals surface area (Å²) in [6, 6.07) is 13.6. The van der Waals surface area contributed by atoms with Gasteiger partial charge in [0.05, 0.1) is 6.20 Å². The zero-order chi connectivity index (χ0) is 19.0. The number of hydrogen-bond acceptors (Lipinski definition) is 3. The van der Waals surface area contributed by atoms with E-state index < -0.39 is 0 Å². The first-order valence-electron chi connectivity index (χ1n) is 8.92. The van der Waals surface area contributed by atoms with Crippen molar-refractivity contribution in [3.63, 3.8) is 0 Å². The highest BCUT2D eigenvalue weighted by Gasteiger charge is 2.13. The van der Waals surface area contributed by atoms with Gasteiger partial charge in [-0.25, -0.2) is 4.68 Å². The molecule has 0 aliphatic carbocycles. The van der Waals surface area contributed by atoms with E-state index in [2.05, 4.69) is 22.3 Å². The molecule has 0 bridgehead atoms. The van der Waals surface area contributed by atoms with Crippen LogP contribution >= 0.6 is 0 Å². The summed E-state index contributed by atoms with van der Waals surface area (Å²) in [5.41, 5.74) is 4.05. The van der Waals surface area contributed by atoms with E-state index in [-0.39, 0.29) is 18.0 Å². The van der Waals surface area contributed by atoms with Crippen LogP contribution in [0.25, 0.3) is 21.8 Å². The lowest BCUT2D eigenvalue weighted by molar-refractivity contribution is -0.117. The summed E-state index contributed by atoms with van der Waals surface area (Å²) in [7, 11) is 0. The number of fused-ring (bicyclic) bond motifs is 3. The Balaban J connectivity index is 1.61. The first-order valence-corrected chi connectivity index (χ1v) is 8.92. The second-order valence-corrected chi connectivity index (χ2v) is 6.67. The van der Waals surface area contributed by atoms with Gasteiger partial charge in [-0.3, -0.25) is 9.59 Å². The number of nitrogens with zero attached hydrogens (tertiary/aromatic N) is 2. The summed E-state index contributed by atoms with van der Waals surface area (Å²) < 4.78 is 1.18. The first-order chi connectivity index (χ1) is 13.0. The lowest BCUT2D eigenvalue weighted by Crippen LogP contribution is -2.29. The highest BCUT2D eigenvalue weighted by molar-refractivity contribution is 6.06. The number of aromatic amines is 1. The third kappa shape index (κ3) is 3.21. The quantitative estimate of drug-likeness (QED) is 0.585. The van der Waals surface area contributed by atoms with Crippen LogP contribution in [0.15, 0.2) is 53.5 Å². The van der Waals surface area contributed by atoms with Gasteiger partial charge in [-0.15, -0.1) is 0 Å². The molecule has 0 radical (unpaired) electrons. The van der Waals surface area contributed by atoms with Gasteiger partial charge >= 0.3 is 0 Å². The molecule has 0 fully saturated rings. The average molecular weight is 360 g/mol. The van der Waals surface area contributed by atoms with Gasteiger partial charge in [0, 0.05) is 22.0 Å². The minimum absolute atomic E-state index is 0.140. The van der Waals surface area contributed by atoms with Gasteiger partial charge in [-0.2, -0.15) is 5.10 Å². The third-order valence-electron chi connectivity index (χ3n) is 4.71. The van der Waals surface area contributed by atoms with Gasteiger partial charge in [0.2, 0.25) is 5.91 Å². The lowest BCUT2D eigenvalue weighted by Gasteiger charge is -2.07. The van der Waals surface area contributed by atoms with Gasteiger partial charge in [-0.1, -0.05) is 30.7 Å². The maximum Gasteiger partial charge on any atom is 0.291 e. The summed E-state index contributed by atoms with van der Waals surface area (Å²) >= 11 is 0. The van der Waals surface area contributed by atoms with Crippen LogP contribution in [0.4, 0.5) is 5.69 Å². The van der Waals surface area contributed by atoms with Crippen molar-refractivity contribution >= 4 is 33.4 Å². The predicted octanol–water partition coefficient (Wildman–Crippen LogP) is 3.39. The highest BCUT2D eigenvalue weighted by atomic mass is 16.2. The molecule has 0 unspecified atom stereocenters. The second kappa shape index (κ2) is 6.72. The Morgan fingerprint density at radius 3 is 2.67 bits per heavy atom. The minimum atomic E-state index is -0.308. The number of rotatable bonds is 4. The smallest absolute Gasteiger partial charge is 0.291 e. The molecular weight excluding hydrogens is 340 g/mol. The summed E-state index contributed by atoms with van der Waals surface area (Å²) in [5.74, 6) is -0.292. The average Bonchev–Trinajstić information content (AvgIpc) is 3.03. The number of hydrogen-bond donors (Lipinski definition) is 2. The van der Waals surface area contributed by atoms with Crippen LogP contribution < -0.4 is 10.9 Å². The summed E-state index contributed by atoms with van der Waals surface area (Å²) in [6.45, 7) is 3.94. The van der Waals surface area contributed by atoms with E-state index in [4.69, 9.17) is 0 Å². The Morgan fingerprint density at radius 1 is 1.15 bits per heavy atom. The summed E-state index contributed by atoms with van der Waals surface area (Å²) in [6.07, 6.45) is 2.58. The normalized spacial score (nSPS) is 11.2. The van der Waals surface area contributed by atoms with Gasteiger partial charge in [0.1, 0.15) is 12.1 Å². The Morgan fingerprint density at radius 2 is 1.93 bits per heavy atom. The summed E-state index contributed by atoms with van der Waals surface area (Å²) in [4.78, 5) is 28.2. The summed E-state index contributed by atoms with van der Waals surface area (Å²) in [5, 5.41) is 8.72. The first kappa shape index (κ1) is 17.0. The molecule has 6 heteroatoms. The van der Waals surface area contributed by atoms with E-state index in [9.17, 15) is 9.59 Å². The molecule has 4 aromatic rings. The largest absolute Gasteiger partial charge is 0.350 e. The Bertz CT molecular complexity index is 1200. The van der Waals surface area contributed by atoms with E-state index in [1.165, 1.54) is 10.2 Å². The van der Waals surface area contributed by atoms with Crippen molar-refractivity contribution in [2.24, 2.45) is 0 Å². The maximum atomic E-state index is 12.7. The fourth-order valence-corrected chi connectivity index (χ4v) is 3.21. The standard InChI is InChI=1S/C21H20N4O2/c1-3-14-5-7-15(8-6-14)23-19(26)12-25-21(27)20-17(11-22-25)16-10-13(2)4-9-18(16)24-20/h4-11,24H,3,12H2,1-2H3,(H,23,26). The van der Waals surface area contributed by atoms with E-state index in [1.807, 2.05) is 49.4 Å². The van der Waals surface area contributed by atoms with Gasteiger partial charge in [0.25, 0.3) is 5.56 Å². The number of amides is 1. The van der Waals surface area contributed by atoms with Crippen LogP contribution in [0, 0.1) is 6.92 Å². The maximum absolute atomic E-state index is 12.7. The Labute approximate surface area is 155 Å². The molecule has 2 aromatic carbocycles. The van der Waals surface area contributed by atoms with Crippen LogP contribution in [-0.4, -0.2) is 20.7 Å². The zero-order valence-electron chi connectivity index (χ0n) is 15.2. The molecule has 0 aliphatic heterocycles. The third-order valence-corrected chi connectivity index (χ3v) is 4.71. The van der Waals surface area contributed by atoms with Crippen LogP contribution in [0.2, 0.25) is 0 Å². The van der Waals surface area contributed by atoms with Crippen molar-refractivity contribution < 1.29 is 4.79 Å². The van der Waals surface area contributed by atoms with Gasteiger partial charge in [0.15, 0.2) is 0 Å². The van der Waals surface area contributed by atoms with Crippen LogP contribution in [0.3, 0.4) is 0 Å². The molecule has 0 saturated carbocycles. The Hall–Kier alpha value is -3.41. The molecule has 4 rings (SSSR count). The number of nitrogens with one attached hydrogen (secondary N) is 2. The molecule has 2 N–H and O–H groups in total. The minimum Gasteiger partial charge on any atom is -0.350 e. The van der Waals surface area contributed by atoms with Crippen molar-refractivity contribution in [1.29, 1.82) is 0 Å². The van der Waals surface area contributed by atoms with E-state index >= 15 is 0 Å². The highest BCUT2D eigenvalue weighted by Crippen LogP contribution is 2.23. The molecule has 0 spiro atoms. The molecule has 0 aliphatic rings. The molecule has 0 saturated heterocycles. The van der Waals surface area contributed by atoms with E-state index in [1.54, 1.807) is 6.20 Å². The topological polar surface area (TPSA) is 79.8 Å². The molecule has 1 amide bonds. The number of carbonyl (C=O) groups excluding carboxylic acids is 1. The number of H-pyrrole nitrogens is 1. The fourth-order valence-electron chi connectivity index (χ4n) is 3.21. The molecule has 6 nitrogen and oxygen atoms in total. The molecule has 2 aromatic heterocycles. The molecule has 2 heterocycles. The number of aryl methyl sites for hydroxylation is 2. The van der Waals surface area contributed by atoms with Crippen molar-refractivity contribution in [2.75, 3.05) is 5.32 Å². The van der Waals surface area contributed by atoms with Gasteiger partial charge in [-0.05, 0) is 43.2 Å². The SMILES string of the molecule is CCc1ccc(NC(=O)Cn2ncc3c([nH]c4ccc(C)cc43)c2=O)cc1. The molecular formula is C21H20N4O2. The van der Waals surface area contributed by atoms with Gasteiger partial charge < -0.3 is 10.3 Å². The van der Waals surface area contributed by atoms with Crippen LogP contribution in [0.5, 0.6) is 0 Å². The van der Waals surface area contributed by atoms with Crippen LogP contribution in [0.1, 0.15) is 18.1 Å². The molecule has 27 heavy (non-hydrogen) atoms.